The van der Waals surface area contributed by atoms with Gasteiger partial charge in [0.25, 0.3) is 0 Å². The average Bonchev–Trinajstić information content (AvgIpc) is 2.47. The molecule has 0 aliphatic carbocycles. The van der Waals surface area contributed by atoms with Crippen molar-refractivity contribution in [2.75, 3.05) is 13.2 Å². The fourth-order valence-corrected chi connectivity index (χ4v) is 2.88. The molecule has 21 heavy (non-hydrogen) atoms. The molecule has 2 N–H and O–H groups in total. The Labute approximate surface area is 131 Å². The number of aryl methyl sites for hydroxylation is 1. The zero-order chi connectivity index (χ0) is 15.2. The lowest BCUT2D eigenvalue weighted by atomic mass is 10.0. The van der Waals surface area contributed by atoms with Crippen molar-refractivity contribution in [1.82, 2.24) is 4.90 Å². The predicted molar refractivity (Wildman–Crippen MR) is 87.4 cm³/mol. The number of likely N-dealkylation sites (tertiary alicyclic amines) is 1. The number of nitrogens with zero attached hydrogens (tertiary/aromatic N) is 1. The highest BCUT2D eigenvalue weighted by atomic mass is 32.1. The molecule has 114 valence electrons. The molecule has 1 amide bonds. The number of carbonyl (C=O) groups excluding carboxylic acids is 1. The number of carbonyl (C=O) groups is 1. The summed E-state index contributed by atoms with van der Waals surface area (Å²) < 4.78 is 5.63. The molecule has 0 radical (unpaired) electrons. The molecule has 0 bridgehead atoms. The normalized spacial score (nSPS) is 18.3. The predicted octanol–water partition coefficient (Wildman–Crippen LogP) is 2.43. The number of thiocarbonyl (C=S) groups is 1. The first-order valence-electron chi connectivity index (χ1n) is 7.36. The maximum Gasteiger partial charge on any atom is 0.226 e. The molecule has 1 heterocycles. The van der Waals surface area contributed by atoms with Crippen molar-refractivity contribution in [1.29, 1.82) is 0 Å². The van der Waals surface area contributed by atoms with E-state index in [2.05, 4.69) is 0 Å². The standard InChI is InChI=1S/C16H22N2O2S/c1-12-5-4-6-13(11-12)20-10-8-15(19)18-9-3-2-7-14(18)16(17)21/h4-6,11,14H,2-3,7-10H2,1H3,(H2,17,21). The van der Waals surface area contributed by atoms with Crippen LogP contribution >= 0.6 is 12.2 Å². The summed E-state index contributed by atoms with van der Waals surface area (Å²) in [6, 6.07) is 7.73. The van der Waals surface area contributed by atoms with Crippen molar-refractivity contribution in [3.05, 3.63) is 29.8 Å². The van der Waals surface area contributed by atoms with Crippen LogP contribution in [-0.4, -0.2) is 35.0 Å². The van der Waals surface area contributed by atoms with Crippen LogP contribution in [0.1, 0.15) is 31.2 Å². The average molecular weight is 306 g/mol. The monoisotopic (exact) mass is 306 g/mol. The van der Waals surface area contributed by atoms with E-state index in [1.165, 1.54) is 0 Å². The van der Waals surface area contributed by atoms with Crippen LogP contribution in [0.5, 0.6) is 5.75 Å². The van der Waals surface area contributed by atoms with E-state index in [1.54, 1.807) is 0 Å². The Hall–Kier alpha value is -1.62. The van der Waals surface area contributed by atoms with Gasteiger partial charge in [-0.3, -0.25) is 4.79 Å². The lowest BCUT2D eigenvalue weighted by Gasteiger charge is -2.35. The van der Waals surface area contributed by atoms with Crippen LogP contribution in [0.4, 0.5) is 0 Å². The molecule has 0 aromatic heterocycles. The van der Waals surface area contributed by atoms with Crippen molar-refractivity contribution in [3.8, 4) is 5.75 Å². The number of ether oxygens (including phenoxy) is 1. The molecule has 1 saturated heterocycles. The van der Waals surface area contributed by atoms with E-state index < -0.39 is 0 Å². The van der Waals surface area contributed by atoms with Crippen LogP contribution in [0.3, 0.4) is 0 Å². The highest BCUT2D eigenvalue weighted by molar-refractivity contribution is 7.80. The van der Waals surface area contributed by atoms with Crippen LogP contribution in [0.15, 0.2) is 24.3 Å². The summed E-state index contributed by atoms with van der Waals surface area (Å²) in [5.74, 6) is 0.868. The molecule has 1 unspecified atom stereocenters. The zero-order valence-electron chi connectivity index (χ0n) is 12.4. The van der Waals surface area contributed by atoms with Crippen LogP contribution < -0.4 is 10.5 Å². The number of nitrogens with two attached hydrogens (primary N) is 1. The minimum atomic E-state index is -0.0831. The molecule has 1 aromatic rings. The number of amides is 1. The second-order valence-electron chi connectivity index (χ2n) is 5.42. The highest BCUT2D eigenvalue weighted by Crippen LogP contribution is 2.19. The Bertz CT molecular complexity index is 519. The molecule has 1 fully saturated rings. The van der Waals surface area contributed by atoms with Gasteiger partial charge in [0, 0.05) is 6.54 Å². The fourth-order valence-electron chi connectivity index (χ4n) is 2.63. The van der Waals surface area contributed by atoms with Crippen molar-refractivity contribution >= 4 is 23.1 Å². The Morgan fingerprint density at radius 2 is 2.29 bits per heavy atom. The summed E-state index contributed by atoms with van der Waals surface area (Å²) in [6.45, 7) is 3.13. The van der Waals surface area contributed by atoms with Crippen LogP contribution in [0.2, 0.25) is 0 Å². The Kier molecular flexibility index (Phi) is 5.56. The minimum absolute atomic E-state index is 0.0696. The van der Waals surface area contributed by atoms with Gasteiger partial charge in [0.2, 0.25) is 5.91 Å². The van der Waals surface area contributed by atoms with Crippen LogP contribution in [0, 0.1) is 6.92 Å². The second-order valence-corrected chi connectivity index (χ2v) is 5.89. The third kappa shape index (κ3) is 4.43. The largest absolute Gasteiger partial charge is 0.493 e. The van der Waals surface area contributed by atoms with Crippen molar-refractivity contribution in [2.24, 2.45) is 5.73 Å². The fraction of sp³-hybridized carbons (Fsp3) is 0.500. The van der Waals surface area contributed by atoms with Gasteiger partial charge in [-0.15, -0.1) is 0 Å². The minimum Gasteiger partial charge on any atom is -0.493 e. The van der Waals surface area contributed by atoms with Gasteiger partial charge in [0.05, 0.1) is 24.1 Å². The molecule has 2 rings (SSSR count). The number of hydrogen-bond acceptors (Lipinski definition) is 3. The maximum atomic E-state index is 12.3. The van der Waals surface area contributed by atoms with E-state index in [-0.39, 0.29) is 11.9 Å². The Morgan fingerprint density at radius 1 is 1.48 bits per heavy atom. The number of benzene rings is 1. The van der Waals surface area contributed by atoms with Gasteiger partial charge in [-0.1, -0.05) is 24.4 Å². The third-order valence-corrected chi connectivity index (χ3v) is 4.00. The first-order valence-corrected chi connectivity index (χ1v) is 7.77. The molecule has 1 aliphatic rings. The third-order valence-electron chi connectivity index (χ3n) is 3.73. The summed E-state index contributed by atoms with van der Waals surface area (Å²) in [5, 5.41) is 0. The summed E-state index contributed by atoms with van der Waals surface area (Å²) in [4.78, 5) is 14.5. The highest BCUT2D eigenvalue weighted by Gasteiger charge is 2.28. The smallest absolute Gasteiger partial charge is 0.226 e. The van der Waals surface area contributed by atoms with Gasteiger partial charge >= 0.3 is 0 Å². The van der Waals surface area contributed by atoms with E-state index in [9.17, 15) is 4.79 Å². The summed E-state index contributed by atoms with van der Waals surface area (Å²) >= 11 is 5.07. The molecule has 0 spiro atoms. The van der Waals surface area contributed by atoms with Crippen molar-refractivity contribution in [2.45, 2.75) is 38.6 Å². The number of piperidine rings is 1. The molecule has 1 aromatic carbocycles. The van der Waals surface area contributed by atoms with Crippen LogP contribution in [-0.2, 0) is 4.79 Å². The molecular formula is C16H22N2O2S. The molecule has 1 atom stereocenters. The first-order chi connectivity index (χ1) is 10.1. The first kappa shape index (κ1) is 15.8. The number of hydrogen-bond donors (Lipinski definition) is 1. The lowest BCUT2D eigenvalue weighted by molar-refractivity contribution is -0.133. The van der Waals surface area contributed by atoms with E-state index in [1.807, 2.05) is 36.1 Å². The topological polar surface area (TPSA) is 55.6 Å². The van der Waals surface area contributed by atoms with E-state index in [0.29, 0.717) is 18.0 Å². The number of rotatable bonds is 5. The SMILES string of the molecule is Cc1cccc(OCCC(=O)N2CCCCC2C(N)=S)c1. The molecular weight excluding hydrogens is 284 g/mol. The van der Waals surface area contributed by atoms with Gasteiger partial charge in [-0.2, -0.15) is 0 Å². The Balaban J connectivity index is 1.84. The van der Waals surface area contributed by atoms with Gasteiger partial charge < -0.3 is 15.4 Å². The molecule has 1 aliphatic heterocycles. The van der Waals surface area contributed by atoms with Gasteiger partial charge in [0.1, 0.15) is 5.75 Å². The van der Waals surface area contributed by atoms with Crippen molar-refractivity contribution < 1.29 is 9.53 Å². The van der Waals surface area contributed by atoms with E-state index in [4.69, 9.17) is 22.7 Å². The quantitative estimate of drug-likeness (QED) is 0.849. The molecule has 0 saturated carbocycles. The van der Waals surface area contributed by atoms with Gasteiger partial charge in [-0.25, -0.2) is 0 Å². The van der Waals surface area contributed by atoms with Crippen molar-refractivity contribution in [3.63, 3.8) is 0 Å². The zero-order valence-corrected chi connectivity index (χ0v) is 13.2. The Morgan fingerprint density at radius 3 is 3.00 bits per heavy atom. The van der Waals surface area contributed by atoms with E-state index >= 15 is 0 Å². The summed E-state index contributed by atoms with van der Waals surface area (Å²) in [6.07, 6.45) is 3.32. The van der Waals surface area contributed by atoms with Gasteiger partial charge in [-0.05, 0) is 43.9 Å². The van der Waals surface area contributed by atoms with Gasteiger partial charge in [0.15, 0.2) is 0 Å². The molecule has 5 heteroatoms. The summed E-state index contributed by atoms with van der Waals surface area (Å²) in [5.41, 5.74) is 6.88. The lowest BCUT2D eigenvalue weighted by Crippen LogP contribution is -2.50. The van der Waals surface area contributed by atoms with Crippen LogP contribution in [0.25, 0.3) is 0 Å². The van der Waals surface area contributed by atoms with E-state index in [0.717, 1.165) is 37.1 Å². The molecule has 4 nitrogen and oxygen atoms in total. The second kappa shape index (κ2) is 7.41. The summed E-state index contributed by atoms with van der Waals surface area (Å²) in [7, 11) is 0. The maximum absolute atomic E-state index is 12.3.